The van der Waals surface area contributed by atoms with E-state index in [1.165, 1.54) is 0 Å². The van der Waals surface area contributed by atoms with E-state index in [4.69, 9.17) is 26.6 Å². The molecule has 0 aromatic carbocycles. The van der Waals surface area contributed by atoms with Gasteiger partial charge in [0.25, 0.3) is 0 Å². The Morgan fingerprint density at radius 1 is 1.33 bits per heavy atom. The zero-order chi connectivity index (χ0) is 15.8. The second kappa shape index (κ2) is 5.80. The molecular weight excluding hydrogens is 308 g/mol. The number of nitrogen functional groups attached to an aromatic ring is 1. The molecule has 2 N–H and O–H groups in total. The van der Waals surface area contributed by atoms with Crippen LogP contribution in [-0.2, 0) is 9.31 Å². The molecule has 0 unspecified atom stereocenters. The highest BCUT2D eigenvalue weighted by atomic mass is 35.5. The summed E-state index contributed by atoms with van der Waals surface area (Å²) in [5.74, 6) is 0.770. The van der Waals surface area contributed by atoms with Gasteiger partial charge in [-0.25, -0.2) is 0 Å². The molecule has 2 heterocycles. The van der Waals surface area contributed by atoms with Gasteiger partial charge in [0, 0.05) is 11.3 Å². The smallest absolute Gasteiger partial charge is 0.400 e. The Bertz CT molecular complexity index is 565. The van der Waals surface area contributed by atoms with E-state index in [0.717, 1.165) is 5.47 Å². The summed E-state index contributed by atoms with van der Waals surface area (Å²) in [4.78, 5) is 0. The molecule has 0 atom stereocenters. The largest absolute Gasteiger partial charge is 0.491 e. The molecule has 1 fully saturated rings. The third-order valence-electron chi connectivity index (χ3n) is 3.90. The van der Waals surface area contributed by atoms with Crippen LogP contribution in [0.1, 0.15) is 33.3 Å². The molecule has 5 nitrogen and oxygen atoms in total. The Kier molecular flexibility index (Phi) is 4.59. The van der Waals surface area contributed by atoms with Crippen molar-refractivity contribution in [3.63, 3.8) is 0 Å². The van der Waals surface area contributed by atoms with Crippen LogP contribution in [0.25, 0.3) is 6.08 Å². The van der Waals surface area contributed by atoms with Gasteiger partial charge in [0.1, 0.15) is 0 Å². The monoisotopic (exact) mass is 327 g/mol. The average Bonchev–Trinajstić information content (AvgIpc) is 2.59. The number of rotatable bonds is 3. The predicted octanol–water partition coefficient (Wildman–Crippen LogP) is 2.66. The summed E-state index contributed by atoms with van der Waals surface area (Å²) in [5.41, 5.74) is 6.54. The van der Waals surface area contributed by atoms with Crippen LogP contribution in [0.4, 0.5) is 5.82 Å². The summed E-state index contributed by atoms with van der Waals surface area (Å²) in [7, 11) is -0.473. The van der Waals surface area contributed by atoms with Gasteiger partial charge in [-0.1, -0.05) is 17.7 Å². The minimum Gasteiger partial charge on any atom is -0.400 e. The van der Waals surface area contributed by atoms with Gasteiger partial charge in [-0.3, -0.25) is 0 Å². The van der Waals surface area contributed by atoms with Gasteiger partial charge >= 0.3 is 7.12 Å². The molecule has 21 heavy (non-hydrogen) atoms. The van der Waals surface area contributed by atoms with E-state index in [1.54, 1.807) is 6.07 Å². The molecule has 8 heteroatoms. The van der Waals surface area contributed by atoms with Crippen molar-refractivity contribution in [2.75, 3.05) is 11.5 Å². The lowest BCUT2D eigenvalue weighted by Gasteiger charge is -2.32. The summed E-state index contributed by atoms with van der Waals surface area (Å²) in [6, 6.07) is 1.65. The van der Waals surface area contributed by atoms with Crippen molar-refractivity contribution < 1.29 is 9.31 Å². The lowest BCUT2D eigenvalue weighted by molar-refractivity contribution is 0.00578. The van der Waals surface area contributed by atoms with Gasteiger partial charge in [-0.15, -0.1) is 10.2 Å². The summed E-state index contributed by atoms with van der Waals surface area (Å²) in [6.45, 7) is 8.01. The molecule has 1 aromatic heterocycles. The fourth-order valence-corrected chi connectivity index (χ4v) is 2.28. The highest BCUT2D eigenvalue weighted by molar-refractivity contribution is 7.80. The Morgan fingerprint density at radius 2 is 1.90 bits per heavy atom. The van der Waals surface area contributed by atoms with Crippen molar-refractivity contribution in [3.8, 4) is 0 Å². The van der Waals surface area contributed by atoms with Crippen LogP contribution in [0.5, 0.6) is 0 Å². The van der Waals surface area contributed by atoms with E-state index in [1.807, 2.05) is 33.8 Å². The van der Waals surface area contributed by atoms with Crippen molar-refractivity contribution in [2.45, 2.75) is 38.9 Å². The van der Waals surface area contributed by atoms with Crippen molar-refractivity contribution in [2.24, 2.45) is 0 Å². The van der Waals surface area contributed by atoms with E-state index in [0.29, 0.717) is 17.1 Å². The molecule has 114 valence electrons. The normalized spacial score (nSPS) is 20.9. The number of nitrogens with zero attached hydrogens (tertiary/aromatic N) is 2. The Hall–Kier alpha value is -0.755. The van der Waals surface area contributed by atoms with E-state index in [-0.39, 0.29) is 5.15 Å². The first kappa shape index (κ1) is 16.6. The third kappa shape index (κ3) is 3.36. The highest BCUT2D eigenvalue weighted by Crippen LogP contribution is 2.39. The Labute approximate surface area is 135 Å². The lowest BCUT2D eigenvalue weighted by Crippen LogP contribution is -2.41. The minimum atomic E-state index is -0.473. The second-order valence-electron chi connectivity index (χ2n) is 5.97. The molecule has 0 spiro atoms. The van der Waals surface area contributed by atoms with E-state index in [2.05, 4.69) is 22.8 Å². The van der Waals surface area contributed by atoms with Crippen LogP contribution in [0.15, 0.2) is 11.5 Å². The van der Waals surface area contributed by atoms with Gasteiger partial charge in [0.05, 0.1) is 11.2 Å². The lowest BCUT2D eigenvalue weighted by atomic mass is 9.78. The second-order valence-corrected chi connectivity index (χ2v) is 6.68. The molecule has 0 saturated carbocycles. The van der Waals surface area contributed by atoms with Gasteiger partial charge in [0.2, 0.25) is 0 Å². The maximum Gasteiger partial charge on any atom is 0.491 e. The molecule has 1 saturated heterocycles. The fourth-order valence-electron chi connectivity index (χ4n) is 1.89. The minimum absolute atomic E-state index is 0.280. The third-order valence-corrected chi connectivity index (χ3v) is 4.45. The summed E-state index contributed by atoms with van der Waals surface area (Å²) < 4.78 is 12.0. The quantitative estimate of drug-likeness (QED) is 0.660. The zero-order valence-corrected chi connectivity index (χ0v) is 14.2. The molecule has 0 amide bonds. The van der Waals surface area contributed by atoms with Crippen molar-refractivity contribution >= 4 is 43.2 Å². The van der Waals surface area contributed by atoms with Crippen LogP contribution in [-0.4, -0.2) is 34.3 Å². The standard InChI is InChI=1S/C13H19BClN3O2S/c1-12(2)13(3,4)20-14(19-12)9(7-21)5-8-6-10(15)17-18-11(8)16/h5-6,21H,7H2,1-4H3,(H2,16,18). The summed E-state index contributed by atoms with van der Waals surface area (Å²) in [5, 5.41) is 7.77. The molecule has 2 rings (SSSR count). The van der Waals surface area contributed by atoms with Crippen molar-refractivity contribution in [1.29, 1.82) is 0 Å². The number of hydrogen-bond acceptors (Lipinski definition) is 6. The van der Waals surface area contributed by atoms with E-state index in [9.17, 15) is 0 Å². The highest BCUT2D eigenvalue weighted by Gasteiger charge is 2.52. The summed E-state index contributed by atoms with van der Waals surface area (Å²) in [6.07, 6.45) is 1.84. The molecule has 0 aliphatic carbocycles. The van der Waals surface area contributed by atoms with Crippen molar-refractivity contribution in [1.82, 2.24) is 10.2 Å². The van der Waals surface area contributed by atoms with E-state index >= 15 is 0 Å². The molecule has 0 bridgehead atoms. The zero-order valence-electron chi connectivity index (χ0n) is 12.6. The maximum absolute atomic E-state index is 6.01. The van der Waals surface area contributed by atoms with Gasteiger partial charge < -0.3 is 15.0 Å². The van der Waals surface area contributed by atoms with Gasteiger partial charge in [-0.2, -0.15) is 12.6 Å². The first-order valence-electron chi connectivity index (χ1n) is 6.62. The van der Waals surface area contributed by atoms with E-state index < -0.39 is 18.3 Å². The summed E-state index contributed by atoms with van der Waals surface area (Å²) >= 11 is 10.2. The number of hydrogen-bond donors (Lipinski definition) is 2. The van der Waals surface area contributed by atoms with Crippen LogP contribution >= 0.6 is 24.2 Å². The van der Waals surface area contributed by atoms with Crippen LogP contribution in [0, 0.1) is 0 Å². The Balaban J connectivity index is 2.33. The number of nitrogens with two attached hydrogens (primary N) is 1. The molecular formula is C13H19BClN3O2S. The number of anilines is 1. The van der Waals surface area contributed by atoms with Crippen LogP contribution in [0.3, 0.4) is 0 Å². The first-order valence-corrected chi connectivity index (χ1v) is 7.63. The SMILES string of the molecule is CC1(C)OB(C(=Cc2cc(Cl)nnc2N)CS)OC1(C)C. The fraction of sp³-hybridized carbons (Fsp3) is 0.538. The van der Waals surface area contributed by atoms with Crippen molar-refractivity contribution in [3.05, 3.63) is 22.3 Å². The molecule has 1 aliphatic heterocycles. The van der Waals surface area contributed by atoms with Gasteiger partial charge in [-0.05, 0) is 39.2 Å². The predicted molar refractivity (Wildman–Crippen MR) is 89.4 cm³/mol. The molecule has 1 aromatic rings. The Morgan fingerprint density at radius 3 is 2.43 bits per heavy atom. The average molecular weight is 328 g/mol. The number of thiol groups is 1. The first-order chi connectivity index (χ1) is 9.66. The number of halogens is 1. The topological polar surface area (TPSA) is 70.3 Å². The van der Waals surface area contributed by atoms with Crippen LogP contribution < -0.4 is 5.73 Å². The maximum atomic E-state index is 6.01. The molecule has 1 aliphatic rings. The van der Waals surface area contributed by atoms with Crippen LogP contribution in [0.2, 0.25) is 5.15 Å². The number of aromatic nitrogens is 2. The molecule has 0 radical (unpaired) electrons. The van der Waals surface area contributed by atoms with Gasteiger partial charge in [0.15, 0.2) is 11.0 Å².